The monoisotopic (exact) mass is 1100 g/mol. The molecular weight excluding hydrogens is 1020 g/mol. The van der Waals surface area contributed by atoms with Crippen LogP contribution in [0.15, 0.2) is 97.1 Å². The molecule has 0 saturated carbocycles. The summed E-state index contributed by atoms with van der Waals surface area (Å²) in [6.07, 6.45) is 10.9. The van der Waals surface area contributed by atoms with Gasteiger partial charge in [0.1, 0.15) is 23.7 Å². The molecule has 0 unspecified atom stereocenters. The molecule has 2 aliphatic carbocycles. The molecular formula is C60H84N10O10. The molecule has 4 aliphatic rings. The molecule has 0 spiro atoms. The molecule has 2 heterocycles. The van der Waals surface area contributed by atoms with E-state index in [0.717, 1.165) is 50.5 Å². The molecule has 8 N–H and O–H groups in total. The van der Waals surface area contributed by atoms with Gasteiger partial charge < -0.3 is 71.0 Å². The standard InChI is InChI=1S/C60H84N10O10/c71-57(63-27-35-75-39-41-77-37-29-65-59(73)67-47-17-21-49(22-18-47)79-55-51-15-5-3-13-45(51)43-53(55)69-31-9-1-10-32-69)61-25-7-8-26-62-58(72)64-28-36-76-40-42-78-38-30-66-60(74)68-48-19-23-50(24-20-48)80-56-52-16-6-4-14-46(52)44-54(56)70-33-11-2-12-34-70/h3-6,13-24,53-56H,1-2,7-12,25-44H2,(H2,61,63,71)(H2,62,64,72)(H2,65,67,73)(H2,66,68,74)/t53-,54-,55-,56-/m0/s1. The maximum Gasteiger partial charge on any atom is 0.319 e. The molecule has 80 heavy (non-hydrogen) atoms. The van der Waals surface area contributed by atoms with Gasteiger partial charge in [-0.3, -0.25) is 9.80 Å². The SMILES string of the molecule is O=C(NCCCCNC(=O)NCCOCCOCCNC(=O)Nc1ccc(O[C@H]2c3ccccc3C[C@@H]2N2CCCCC2)cc1)NCCOCCOCCNC(=O)Nc1ccc(O[C@H]2c3ccccc3C[C@@H]2N2CCCCC2)cc1. The average Bonchev–Trinajstić information content (AvgIpc) is 4.13. The van der Waals surface area contributed by atoms with Crippen LogP contribution in [0.3, 0.4) is 0 Å². The number of nitrogens with one attached hydrogen (secondary N) is 8. The van der Waals surface area contributed by atoms with Crippen LogP contribution in [-0.2, 0) is 31.8 Å². The maximum atomic E-state index is 12.5. The van der Waals surface area contributed by atoms with Gasteiger partial charge in [-0.25, -0.2) is 19.2 Å². The van der Waals surface area contributed by atoms with Crippen molar-refractivity contribution in [3.63, 3.8) is 0 Å². The summed E-state index contributed by atoms with van der Waals surface area (Å²) < 4.78 is 35.4. The Labute approximate surface area is 471 Å². The molecule has 20 heteroatoms. The summed E-state index contributed by atoms with van der Waals surface area (Å²) in [5, 5.41) is 22.4. The predicted molar refractivity (Wildman–Crippen MR) is 308 cm³/mol. The number of anilines is 2. The molecule has 0 radical (unpaired) electrons. The molecule has 20 nitrogen and oxygen atoms in total. The molecule has 8 rings (SSSR count). The Kier molecular flexibility index (Phi) is 24.6. The Hall–Kier alpha value is -6.68. The molecule has 2 fully saturated rings. The predicted octanol–water partition coefficient (Wildman–Crippen LogP) is 7.14. The van der Waals surface area contributed by atoms with E-state index in [9.17, 15) is 19.2 Å². The van der Waals surface area contributed by atoms with Gasteiger partial charge in [0, 0.05) is 50.6 Å². The van der Waals surface area contributed by atoms with Crippen LogP contribution in [0.2, 0.25) is 0 Å². The lowest BCUT2D eigenvalue weighted by atomic mass is 10.0. The first-order valence-electron chi connectivity index (χ1n) is 29.0. The summed E-state index contributed by atoms with van der Waals surface area (Å²) in [7, 11) is 0. The van der Waals surface area contributed by atoms with Crippen molar-refractivity contribution in [2.24, 2.45) is 0 Å². The molecule has 8 amide bonds. The zero-order valence-corrected chi connectivity index (χ0v) is 46.3. The summed E-state index contributed by atoms with van der Waals surface area (Å²) in [5.41, 5.74) is 6.58. The van der Waals surface area contributed by atoms with Crippen molar-refractivity contribution in [3.8, 4) is 11.5 Å². The highest BCUT2D eigenvalue weighted by Crippen LogP contribution is 2.40. The van der Waals surface area contributed by atoms with E-state index in [4.69, 9.17) is 28.4 Å². The molecule has 434 valence electrons. The van der Waals surface area contributed by atoms with Gasteiger partial charge in [0.25, 0.3) is 0 Å². The number of urea groups is 4. The van der Waals surface area contributed by atoms with Gasteiger partial charge in [-0.1, -0.05) is 61.4 Å². The Morgan fingerprint density at radius 3 is 1.10 bits per heavy atom. The Balaban J connectivity index is 0.542. The molecule has 2 aliphatic heterocycles. The van der Waals surface area contributed by atoms with Crippen molar-refractivity contribution in [1.82, 2.24) is 41.7 Å². The van der Waals surface area contributed by atoms with Crippen LogP contribution in [0.4, 0.5) is 30.6 Å². The molecule has 4 aromatic carbocycles. The second kappa shape index (κ2) is 33.2. The highest BCUT2D eigenvalue weighted by atomic mass is 16.5. The van der Waals surface area contributed by atoms with Crippen LogP contribution < -0.4 is 52.0 Å². The first kappa shape index (κ1) is 59.4. The summed E-state index contributed by atoms with van der Waals surface area (Å²) in [4.78, 5) is 54.4. The van der Waals surface area contributed by atoms with Crippen LogP contribution in [0.1, 0.15) is 85.8 Å². The second-order valence-electron chi connectivity index (χ2n) is 20.5. The lowest BCUT2D eigenvalue weighted by molar-refractivity contribution is 0.0511. The van der Waals surface area contributed by atoms with E-state index in [0.29, 0.717) is 128 Å². The van der Waals surface area contributed by atoms with Crippen molar-refractivity contribution in [1.29, 1.82) is 0 Å². The average molecular weight is 1110 g/mol. The number of unbranched alkanes of at least 4 members (excludes halogenated alkanes) is 1. The highest BCUT2D eigenvalue weighted by molar-refractivity contribution is 5.89. The van der Waals surface area contributed by atoms with Crippen molar-refractivity contribution in [2.75, 3.05) is 129 Å². The third-order valence-corrected chi connectivity index (χ3v) is 14.8. The molecule has 2 saturated heterocycles. The first-order valence-corrected chi connectivity index (χ1v) is 29.0. The van der Waals surface area contributed by atoms with E-state index >= 15 is 0 Å². The van der Waals surface area contributed by atoms with E-state index in [1.165, 1.54) is 60.8 Å². The van der Waals surface area contributed by atoms with Gasteiger partial charge in [0.2, 0.25) is 0 Å². The van der Waals surface area contributed by atoms with E-state index < -0.39 is 0 Å². The van der Waals surface area contributed by atoms with Crippen molar-refractivity contribution < 1.29 is 47.6 Å². The lowest BCUT2D eigenvalue weighted by Crippen LogP contribution is -2.43. The minimum absolute atomic E-state index is 0.0228. The number of hydrogen-bond acceptors (Lipinski definition) is 12. The van der Waals surface area contributed by atoms with Gasteiger partial charge in [-0.15, -0.1) is 0 Å². The van der Waals surface area contributed by atoms with Gasteiger partial charge in [0.15, 0.2) is 0 Å². The zero-order chi connectivity index (χ0) is 55.4. The number of rotatable bonds is 31. The summed E-state index contributed by atoms with van der Waals surface area (Å²) in [6, 6.07) is 31.6. The Bertz CT molecular complexity index is 2320. The van der Waals surface area contributed by atoms with E-state index in [-0.39, 0.29) is 36.3 Å². The maximum absolute atomic E-state index is 12.5. The van der Waals surface area contributed by atoms with Crippen LogP contribution in [0.25, 0.3) is 0 Å². The van der Waals surface area contributed by atoms with Crippen LogP contribution in [-0.4, -0.2) is 164 Å². The highest BCUT2D eigenvalue weighted by Gasteiger charge is 2.39. The van der Waals surface area contributed by atoms with Crippen molar-refractivity contribution in [2.45, 2.75) is 88.5 Å². The molecule has 4 atom stereocenters. The van der Waals surface area contributed by atoms with Gasteiger partial charge in [0.05, 0.1) is 64.9 Å². The fourth-order valence-corrected chi connectivity index (χ4v) is 10.7. The number of nitrogens with zero attached hydrogens (tertiary/aromatic N) is 2. The number of hydrogen-bond donors (Lipinski definition) is 8. The van der Waals surface area contributed by atoms with E-state index in [1.54, 1.807) is 0 Å². The Morgan fingerprint density at radius 1 is 0.388 bits per heavy atom. The quantitative estimate of drug-likeness (QED) is 0.0236. The largest absolute Gasteiger partial charge is 0.484 e. The zero-order valence-electron chi connectivity index (χ0n) is 46.3. The smallest absolute Gasteiger partial charge is 0.319 e. The lowest BCUT2D eigenvalue weighted by Gasteiger charge is -2.35. The third-order valence-electron chi connectivity index (χ3n) is 14.8. The van der Waals surface area contributed by atoms with Crippen LogP contribution in [0, 0.1) is 0 Å². The van der Waals surface area contributed by atoms with Crippen LogP contribution >= 0.6 is 0 Å². The third kappa shape index (κ3) is 19.5. The first-order chi connectivity index (χ1) is 39.4. The minimum Gasteiger partial charge on any atom is -0.484 e. The molecule has 0 aromatic heterocycles. The number of carbonyl (C=O) groups excluding carboxylic acids is 4. The topological polar surface area (TPSA) is 226 Å². The summed E-state index contributed by atoms with van der Waals surface area (Å²) >= 11 is 0. The van der Waals surface area contributed by atoms with Gasteiger partial charge in [-0.2, -0.15) is 0 Å². The van der Waals surface area contributed by atoms with E-state index in [1.807, 2.05) is 48.5 Å². The Morgan fingerprint density at radius 2 is 0.725 bits per heavy atom. The minimum atomic E-state index is -0.321. The number of ether oxygens (including phenoxy) is 6. The molecule has 4 aromatic rings. The molecule has 0 bridgehead atoms. The van der Waals surface area contributed by atoms with E-state index in [2.05, 4.69) is 101 Å². The fourth-order valence-electron chi connectivity index (χ4n) is 10.7. The van der Waals surface area contributed by atoms with Gasteiger partial charge >= 0.3 is 24.1 Å². The van der Waals surface area contributed by atoms with Crippen molar-refractivity contribution in [3.05, 3.63) is 119 Å². The van der Waals surface area contributed by atoms with Crippen molar-refractivity contribution >= 4 is 35.5 Å². The number of likely N-dealkylation sites (tertiary alicyclic amines) is 2. The summed E-state index contributed by atoms with van der Waals surface area (Å²) in [6.45, 7) is 9.46. The van der Waals surface area contributed by atoms with Crippen LogP contribution in [0.5, 0.6) is 11.5 Å². The van der Waals surface area contributed by atoms with Gasteiger partial charge in [-0.05, 0) is 148 Å². The normalized spacial score (nSPS) is 18.8. The number of benzene rings is 4. The summed E-state index contributed by atoms with van der Waals surface area (Å²) in [5.74, 6) is 1.55. The number of amides is 8. The number of fused-ring (bicyclic) bond motifs is 2. The number of carbonyl (C=O) groups is 4. The second-order valence-corrected chi connectivity index (χ2v) is 20.5. The fraction of sp³-hybridized carbons (Fsp3) is 0.533. The number of piperidine rings is 2.